The summed E-state index contributed by atoms with van der Waals surface area (Å²) in [6.07, 6.45) is 1.63. The first kappa shape index (κ1) is 13.0. The minimum Gasteiger partial charge on any atom is -0.391 e. The molecule has 0 aliphatic heterocycles. The number of aliphatic hydroxyl groups excluding tert-OH is 1. The molecular weight excluding hydrogens is 276 g/mol. The lowest BCUT2D eigenvalue weighted by Gasteiger charge is -2.06. The number of amides is 1. The minimum absolute atomic E-state index is 0.165. The fourth-order valence-electron chi connectivity index (χ4n) is 1.29. The summed E-state index contributed by atoms with van der Waals surface area (Å²) in [5, 5.41) is 13.9. The zero-order valence-corrected chi connectivity index (χ0v) is 11.4. The van der Waals surface area contributed by atoms with E-state index in [-0.39, 0.29) is 17.7 Å². The van der Waals surface area contributed by atoms with E-state index < -0.39 is 0 Å². The number of carbonyl (C=O) groups excluding carboxylic acids is 1. The maximum Gasteiger partial charge on any atom is 0.273 e. The number of hydrogen-bond donors (Lipinski definition) is 1. The molecule has 2 heterocycles. The van der Waals surface area contributed by atoms with Crippen molar-refractivity contribution in [3.63, 3.8) is 0 Å². The molecule has 2 aromatic rings. The fraction of sp³-hybridized carbons (Fsp3) is 0.300. The molecule has 1 amide bonds. The van der Waals surface area contributed by atoms with Crippen LogP contribution < -0.4 is 0 Å². The fourth-order valence-corrected chi connectivity index (χ4v) is 2.34. The predicted molar refractivity (Wildman–Crippen MR) is 68.2 cm³/mol. The minimum atomic E-state index is -0.182. The number of carbonyl (C=O) groups is 1. The smallest absolute Gasteiger partial charge is 0.273 e. The Bertz CT molecular complexity index is 578. The van der Waals surface area contributed by atoms with Gasteiger partial charge in [0.15, 0.2) is 5.69 Å². The molecule has 2 aromatic heterocycles. The van der Waals surface area contributed by atoms with Crippen molar-refractivity contribution in [3.8, 4) is 5.13 Å². The summed E-state index contributed by atoms with van der Waals surface area (Å²) in [5.74, 6) is -0.182. The number of thiazole rings is 1. The van der Waals surface area contributed by atoms with Gasteiger partial charge in [0.2, 0.25) is 5.13 Å². The van der Waals surface area contributed by atoms with Gasteiger partial charge >= 0.3 is 0 Å². The van der Waals surface area contributed by atoms with Crippen molar-refractivity contribution in [2.75, 3.05) is 14.1 Å². The van der Waals surface area contributed by atoms with Crippen LogP contribution in [0.3, 0.4) is 0 Å². The molecule has 0 atom stereocenters. The Morgan fingerprint density at radius 2 is 2.33 bits per heavy atom. The van der Waals surface area contributed by atoms with E-state index in [2.05, 4.69) is 10.1 Å². The van der Waals surface area contributed by atoms with Gasteiger partial charge in [-0.2, -0.15) is 5.10 Å². The Balaban J connectivity index is 2.32. The zero-order valence-electron chi connectivity index (χ0n) is 9.79. The van der Waals surface area contributed by atoms with Gasteiger partial charge in [-0.25, -0.2) is 9.67 Å². The zero-order chi connectivity index (χ0) is 13.3. The first-order valence-corrected chi connectivity index (χ1v) is 6.26. The molecule has 0 aromatic carbocycles. The average Bonchev–Trinajstić information content (AvgIpc) is 2.93. The van der Waals surface area contributed by atoms with Crippen molar-refractivity contribution in [3.05, 3.63) is 28.0 Å². The molecular formula is C10H11ClN4O2S. The van der Waals surface area contributed by atoms with Crippen LogP contribution in [0.25, 0.3) is 5.13 Å². The highest BCUT2D eigenvalue weighted by Crippen LogP contribution is 2.25. The van der Waals surface area contributed by atoms with Crippen molar-refractivity contribution in [2.45, 2.75) is 6.61 Å². The molecule has 2 rings (SSSR count). The highest BCUT2D eigenvalue weighted by molar-refractivity contribution is 7.14. The third-order valence-electron chi connectivity index (χ3n) is 2.19. The molecule has 0 unspecified atom stereocenters. The Kier molecular flexibility index (Phi) is 3.65. The quantitative estimate of drug-likeness (QED) is 0.920. The van der Waals surface area contributed by atoms with Crippen LogP contribution in [-0.2, 0) is 6.61 Å². The van der Waals surface area contributed by atoms with Crippen molar-refractivity contribution in [1.82, 2.24) is 19.7 Å². The van der Waals surface area contributed by atoms with Gasteiger partial charge in [-0.05, 0) is 6.07 Å². The number of nitrogens with zero attached hydrogens (tertiary/aromatic N) is 4. The van der Waals surface area contributed by atoms with E-state index in [0.29, 0.717) is 15.7 Å². The lowest BCUT2D eigenvalue weighted by molar-refractivity contribution is 0.0821. The lowest BCUT2D eigenvalue weighted by atomic mass is 10.4. The summed E-state index contributed by atoms with van der Waals surface area (Å²) >= 11 is 7.07. The highest BCUT2D eigenvalue weighted by atomic mass is 35.5. The molecule has 0 spiro atoms. The van der Waals surface area contributed by atoms with Gasteiger partial charge in [0.25, 0.3) is 5.91 Å². The summed E-state index contributed by atoms with van der Waals surface area (Å²) in [5.41, 5.74) is 0.330. The van der Waals surface area contributed by atoms with Gasteiger partial charge in [-0.3, -0.25) is 4.79 Å². The summed E-state index contributed by atoms with van der Waals surface area (Å²) in [7, 11) is 3.32. The predicted octanol–water partition coefficient (Wildman–Crippen LogP) is 1.18. The number of aromatic nitrogens is 3. The van der Waals surface area contributed by atoms with Gasteiger partial charge in [-0.1, -0.05) is 22.9 Å². The van der Waals surface area contributed by atoms with Crippen molar-refractivity contribution in [1.29, 1.82) is 0 Å². The van der Waals surface area contributed by atoms with Crippen LogP contribution >= 0.6 is 22.9 Å². The molecule has 0 aliphatic rings. The molecule has 0 radical (unpaired) electrons. The van der Waals surface area contributed by atoms with Crippen LogP contribution in [0.15, 0.2) is 12.3 Å². The lowest BCUT2D eigenvalue weighted by Crippen LogP contribution is -2.22. The summed E-state index contributed by atoms with van der Waals surface area (Å²) < 4.78 is 1.46. The maximum atomic E-state index is 11.7. The van der Waals surface area contributed by atoms with E-state index in [1.807, 2.05) is 0 Å². The monoisotopic (exact) mass is 286 g/mol. The van der Waals surface area contributed by atoms with E-state index in [4.69, 9.17) is 16.7 Å². The average molecular weight is 287 g/mol. The second-order valence-corrected chi connectivity index (χ2v) is 5.13. The van der Waals surface area contributed by atoms with Gasteiger partial charge < -0.3 is 10.0 Å². The Morgan fingerprint density at radius 3 is 2.89 bits per heavy atom. The molecule has 6 nitrogen and oxygen atoms in total. The molecule has 96 valence electrons. The largest absolute Gasteiger partial charge is 0.391 e. The van der Waals surface area contributed by atoms with Crippen LogP contribution in [0.4, 0.5) is 0 Å². The number of rotatable bonds is 3. The molecule has 0 bridgehead atoms. The van der Waals surface area contributed by atoms with E-state index in [1.165, 1.54) is 20.9 Å². The first-order chi connectivity index (χ1) is 8.52. The molecule has 0 saturated heterocycles. The highest BCUT2D eigenvalue weighted by Gasteiger charge is 2.15. The Morgan fingerprint density at radius 1 is 1.61 bits per heavy atom. The SMILES string of the molecule is CN(C)C(=O)c1ccn(-c2nc(Cl)c(CO)s2)n1. The third-order valence-corrected chi connectivity index (χ3v) is 3.65. The Labute approximate surface area is 112 Å². The maximum absolute atomic E-state index is 11.7. The molecule has 0 aliphatic carbocycles. The van der Waals surface area contributed by atoms with Crippen LogP contribution in [-0.4, -0.2) is 44.8 Å². The van der Waals surface area contributed by atoms with Gasteiger partial charge in [0.1, 0.15) is 5.15 Å². The van der Waals surface area contributed by atoms with Crippen molar-refractivity contribution in [2.24, 2.45) is 0 Å². The van der Waals surface area contributed by atoms with Gasteiger partial charge in [0.05, 0.1) is 11.5 Å². The molecule has 8 heteroatoms. The van der Waals surface area contributed by atoms with Gasteiger partial charge in [0, 0.05) is 20.3 Å². The van der Waals surface area contributed by atoms with Gasteiger partial charge in [-0.15, -0.1) is 0 Å². The molecule has 0 saturated carbocycles. The number of halogens is 1. The first-order valence-electron chi connectivity index (χ1n) is 5.06. The van der Waals surface area contributed by atoms with Crippen molar-refractivity contribution >= 4 is 28.8 Å². The molecule has 18 heavy (non-hydrogen) atoms. The number of hydrogen-bond acceptors (Lipinski definition) is 5. The summed E-state index contributed by atoms with van der Waals surface area (Å²) in [6.45, 7) is -0.165. The second-order valence-electron chi connectivity index (χ2n) is 3.71. The molecule has 0 fully saturated rings. The van der Waals surface area contributed by atoms with Crippen LogP contribution in [0, 0.1) is 0 Å². The number of aliphatic hydroxyl groups is 1. The van der Waals surface area contributed by atoms with Crippen LogP contribution in [0.2, 0.25) is 5.15 Å². The standard InChI is InChI=1S/C10H11ClN4O2S/c1-14(2)9(17)6-3-4-15(13-6)10-12-8(11)7(5-16)18-10/h3-4,16H,5H2,1-2H3. The Hall–Kier alpha value is -1.44. The third kappa shape index (κ3) is 2.38. The topological polar surface area (TPSA) is 71.2 Å². The second kappa shape index (κ2) is 5.05. The van der Waals surface area contributed by atoms with Crippen molar-refractivity contribution < 1.29 is 9.90 Å². The van der Waals surface area contributed by atoms with E-state index in [9.17, 15) is 4.79 Å². The summed E-state index contributed by atoms with van der Waals surface area (Å²) in [4.78, 5) is 17.8. The normalized spacial score (nSPS) is 10.7. The summed E-state index contributed by atoms with van der Waals surface area (Å²) in [6, 6.07) is 1.61. The molecule has 1 N–H and O–H groups in total. The van der Waals surface area contributed by atoms with Crippen LogP contribution in [0.1, 0.15) is 15.4 Å². The van der Waals surface area contributed by atoms with E-state index >= 15 is 0 Å². The van der Waals surface area contributed by atoms with Crippen LogP contribution in [0.5, 0.6) is 0 Å². The van der Waals surface area contributed by atoms with E-state index in [0.717, 1.165) is 0 Å². The van der Waals surface area contributed by atoms with E-state index in [1.54, 1.807) is 26.4 Å².